The van der Waals surface area contributed by atoms with E-state index < -0.39 is 5.54 Å². The van der Waals surface area contributed by atoms with Gasteiger partial charge in [-0.05, 0) is 53.0 Å². The Bertz CT molecular complexity index is 919. The molecule has 4 heterocycles. The smallest absolute Gasteiger partial charge is 0.266 e. The molecule has 0 aromatic carbocycles. The van der Waals surface area contributed by atoms with E-state index in [1.165, 1.54) is 0 Å². The average molecular weight is 438 g/mol. The van der Waals surface area contributed by atoms with E-state index in [9.17, 15) is 10.1 Å². The first-order valence-electron chi connectivity index (χ1n) is 11.7. The van der Waals surface area contributed by atoms with Gasteiger partial charge in [-0.15, -0.1) is 0 Å². The summed E-state index contributed by atoms with van der Waals surface area (Å²) in [6.07, 6.45) is 6.69. The number of aromatic nitrogens is 1. The van der Waals surface area contributed by atoms with Gasteiger partial charge in [-0.2, -0.15) is 5.26 Å². The van der Waals surface area contributed by atoms with Crippen LogP contribution in [0.3, 0.4) is 0 Å². The van der Waals surface area contributed by atoms with Gasteiger partial charge in [0.1, 0.15) is 11.6 Å². The zero-order chi connectivity index (χ0) is 22.9. The van der Waals surface area contributed by atoms with Gasteiger partial charge in [-0.1, -0.05) is 0 Å². The number of carbonyl (C=O) groups excluding carboxylic acids is 1. The second-order valence-electron chi connectivity index (χ2n) is 9.78. The van der Waals surface area contributed by atoms with E-state index in [0.29, 0.717) is 18.8 Å². The van der Waals surface area contributed by atoms with Crippen LogP contribution in [0, 0.1) is 11.3 Å². The summed E-state index contributed by atoms with van der Waals surface area (Å²) < 4.78 is 0. The zero-order valence-electron chi connectivity index (χ0n) is 19.7. The molecule has 0 saturated carbocycles. The molecular formula is C24H35N7O. The van der Waals surface area contributed by atoms with Gasteiger partial charge in [-0.25, -0.2) is 0 Å². The Morgan fingerprint density at radius 2 is 1.88 bits per heavy atom. The van der Waals surface area contributed by atoms with Gasteiger partial charge in [0.2, 0.25) is 0 Å². The van der Waals surface area contributed by atoms with Crippen molar-refractivity contribution < 1.29 is 4.79 Å². The normalized spacial score (nSPS) is 25.0. The predicted molar refractivity (Wildman–Crippen MR) is 126 cm³/mol. The molecule has 2 saturated heterocycles. The van der Waals surface area contributed by atoms with Crippen LogP contribution >= 0.6 is 0 Å². The van der Waals surface area contributed by atoms with Crippen LogP contribution in [0.1, 0.15) is 47.0 Å². The first-order chi connectivity index (χ1) is 15.3. The number of pyridine rings is 1. The molecular weight excluding hydrogens is 402 g/mol. The molecule has 1 aromatic rings. The fraction of sp³-hybridized carbons (Fsp3) is 0.625. The van der Waals surface area contributed by atoms with Crippen molar-refractivity contribution in [3.8, 4) is 6.07 Å². The van der Waals surface area contributed by atoms with E-state index in [1.807, 2.05) is 11.0 Å². The molecule has 0 unspecified atom stereocenters. The quantitative estimate of drug-likeness (QED) is 0.553. The van der Waals surface area contributed by atoms with E-state index in [0.717, 1.165) is 62.5 Å². The van der Waals surface area contributed by atoms with Crippen LogP contribution in [0.4, 0.5) is 11.4 Å². The van der Waals surface area contributed by atoms with E-state index in [-0.39, 0.29) is 11.5 Å². The van der Waals surface area contributed by atoms with Crippen molar-refractivity contribution in [3.05, 3.63) is 29.7 Å². The largest absolute Gasteiger partial charge is 0.364 e. The van der Waals surface area contributed by atoms with Gasteiger partial charge in [0.05, 0.1) is 35.5 Å². The number of hydrogen-bond donors (Lipinski definition) is 2. The molecule has 4 rings (SSSR count). The molecule has 2 atom stereocenters. The Labute approximate surface area is 191 Å². The van der Waals surface area contributed by atoms with Crippen LogP contribution in [-0.4, -0.2) is 71.2 Å². The Balaban J connectivity index is 1.82. The first kappa shape index (κ1) is 22.6. The molecule has 172 valence electrons. The number of piperazine rings is 1. The summed E-state index contributed by atoms with van der Waals surface area (Å²) in [4.78, 5) is 24.3. The van der Waals surface area contributed by atoms with Crippen molar-refractivity contribution in [1.82, 2.24) is 20.1 Å². The molecule has 0 bridgehead atoms. The molecule has 3 aliphatic heterocycles. The number of carbonyl (C=O) groups is 1. The standard InChI is InChI=1S/C24H35N7O/c1-17-14-30(15-18(2)28-17)24(3,4)22(31-16-27-20-13-26-9-8-21(20)31)19(12-25)23(32)29-10-6-5-7-11-29/h8-9,13,17-18,27-28H,5-7,10-11,14-16H2,1-4H3/t17-,18+. The highest BCUT2D eigenvalue weighted by atomic mass is 16.2. The number of anilines is 2. The summed E-state index contributed by atoms with van der Waals surface area (Å²) in [5, 5.41) is 17.3. The molecule has 1 amide bonds. The molecule has 8 heteroatoms. The Kier molecular flexibility index (Phi) is 6.40. The molecule has 32 heavy (non-hydrogen) atoms. The summed E-state index contributed by atoms with van der Waals surface area (Å²) in [7, 11) is 0. The molecule has 1 aromatic heterocycles. The lowest BCUT2D eigenvalue weighted by atomic mass is 9.89. The molecule has 2 N–H and O–H groups in total. The third-order valence-electron chi connectivity index (χ3n) is 6.92. The molecule has 8 nitrogen and oxygen atoms in total. The van der Waals surface area contributed by atoms with Crippen molar-refractivity contribution in [2.24, 2.45) is 0 Å². The first-order valence-corrected chi connectivity index (χ1v) is 11.7. The van der Waals surface area contributed by atoms with Gasteiger partial charge in [0, 0.05) is 44.5 Å². The van der Waals surface area contributed by atoms with Crippen molar-refractivity contribution in [2.45, 2.75) is 64.6 Å². The topological polar surface area (TPSA) is 87.5 Å². The highest BCUT2D eigenvalue weighted by molar-refractivity contribution is 5.99. The molecule has 3 aliphatic rings. The van der Waals surface area contributed by atoms with Gasteiger partial charge < -0.3 is 20.4 Å². The van der Waals surface area contributed by atoms with Crippen molar-refractivity contribution in [3.63, 3.8) is 0 Å². The molecule has 2 fully saturated rings. The molecule has 0 spiro atoms. The van der Waals surface area contributed by atoms with Crippen molar-refractivity contribution >= 4 is 17.3 Å². The highest BCUT2D eigenvalue weighted by Gasteiger charge is 2.43. The second kappa shape index (κ2) is 9.08. The maximum atomic E-state index is 13.7. The number of likely N-dealkylation sites (tertiary alicyclic amines) is 1. The van der Waals surface area contributed by atoms with Crippen LogP contribution in [-0.2, 0) is 4.79 Å². The summed E-state index contributed by atoms with van der Waals surface area (Å²) in [5.74, 6) is -0.144. The fourth-order valence-corrected chi connectivity index (χ4v) is 5.37. The van der Waals surface area contributed by atoms with E-state index in [1.54, 1.807) is 12.4 Å². The second-order valence-corrected chi connectivity index (χ2v) is 9.78. The summed E-state index contributed by atoms with van der Waals surface area (Å²) in [6.45, 7) is 12.3. The van der Waals surface area contributed by atoms with Crippen molar-refractivity contribution in [1.29, 1.82) is 5.26 Å². The van der Waals surface area contributed by atoms with Gasteiger partial charge in [0.25, 0.3) is 5.91 Å². The van der Waals surface area contributed by atoms with Crippen LogP contribution in [0.5, 0.6) is 0 Å². The zero-order valence-corrected chi connectivity index (χ0v) is 19.7. The third-order valence-corrected chi connectivity index (χ3v) is 6.92. The van der Waals surface area contributed by atoms with E-state index in [4.69, 9.17) is 0 Å². The summed E-state index contributed by atoms with van der Waals surface area (Å²) >= 11 is 0. The van der Waals surface area contributed by atoms with Crippen LogP contribution in [0.25, 0.3) is 0 Å². The third kappa shape index (κ3) is 4.19. The van der Waals surface area contributed by atoms with Gasteiger partial charge in [-0.3, -0.25) is 14.7 Å². The fourth-order valence-electron chi connectivity index (χ4n) is 5.37. The lowest BCUT2D eigenvalue weighted by Crippen LogP contribution is -2.62. The Hall–Kier alpha value is -2.63. The number of nitrogens with one attached hydrogen (secondary N) is 2. The number of piperidine rings is 1. The van der Waals surface area contributed by atoms with Gasteiger partial charge in [0.15, 0.2) is 0 Å². The number of nitriles is 1. The summed E-state index contributed by atoms with van der Waals surface area (Å²) in [6, 6.07) is 4.95. The van der Waals surface area contributed by atoms with Crippen LogP contribution < -0.4 is 15.5 Å². The van der Waals surface area contributed by atoms with E-state index in [2.05, 4.69) is 59.2 Å². The monoisotopic (exact) mass is 437 g/mol. The number of rotatable bonds is 4. The average Bonchev–Trinajstić information content (AvgIpc) is 3.20. The number of nitrogens with zero attached hydrogens (tertiary/aromatic N) is 5. The number of hydrogen-bond acceptors (Lipinski definition) is 7. The number of amides is 1. The lowest BCUT2D eigenvalue weighted by Gasteiger charge is -2.48. The highest BCUT2D eigenvalue weighted by Crippen LogP contribution is 2.40. The van der Waals surface area contributed by atoms with Crippen molar-refractivity contribution in [2.75, 3.05) is 43.1 Å². The van der Waals surface area contributed by atoms with E-state index >= 15 is 0 Å². The summed E-state index contributed by atoms with van der Waals surface area (Å²) in [5.41, 5.74) is 2.38. The molecule has 0 radical (unpaired) electrons. The minimum Gasteiger partial charge on any atom is -0.364 e. The maximum absolute atomic E-state index is 13.7. The number of fused-ring (bicyclic) bond motifs is 1. The Morgan fingerprint density at radius 1 is 1.19 bits per heavy atom. The molecule has 0 aliphatic carbocycles. The SMILES string of the molecule is C[C@@H]1CN(C(C)(C)C(=C(C#N)C(=O)N2CCCCC2)N2CNc3cnccc32)C[C@H](C)N1. The maximum Gasteiger partial charge on any atom is 0.266 e. The minimum atomic E-state index is -0.520. The van der Waals surface area contributed by atoms with Crippen LogP contribution in [0.2, 0.25) is 0 Å². The lowest BCUT2D eigenvalue weighted by molar-refractivity contribution is -0.127. The minimum absolute atomic E-state index is 0.144. The van der Waals surface area contributed by atoms with Gasteiger partial charge >= 0.3 is 0 Å². The predicted octanol–water partition coefficient (Wildman–Crippen LogP) is 2.52. The Morgan fingerprint density at radius 3 is 2.53 bits per heavy atom. The van der Waals surface area contributed by atoms with Crippen LogP contribution in [0.15, 0.2) is 29.7 Å².